The van der Waals surface area contributed by atoms with Crippen molar-refractivity contribution in [2.45, 2.75) is 51.6 Å². The number of fused-ring (bicyclic) bond motifs is 1. The minimum atomic E-state index is -3.59. The van der Waals surface area contributed by atoms with E-state index < -0.39 is 10.0 Å². The first kappa shape index (κ1) is 22.5. The molecule has 2 aromatic carbocycles. The standard InChI is InChI=1S/C23H31N3O3S/c1-5-26(6-2)30(28,29)22-15-21(12-11-17(22)3)24-23(27)18(4)25-14-13-19-9-7-8-10-20(19)16-25/h7-12,15,18H,5-6,13-14,16H2,1-4H3,(H,24,27)/p+1/t18-/m0/s1. The summed E-state index contributed by atoms with van der Waals surface area (Å²) in [7, 11) is -3.59. The van der Waals surface area contributed by atoms with Crippen molar-refractivity contribution in [3.63, 3.8) is 0 Å². The molecule has 0 bridgehead atoms. The average Bonchev–Trinajstić information content (AvgIpc) is 2.74. The number of amides is 1. The van der Waals surface area contributed by atoms with E-state index in [4.69, 9.17) is 0 Å². The molecular weight excluding hydrogens is 398 g/mol. The summed E-state index contributed by atoms with van der Waals surface area (Å²) >= 11 is 0. The van der Waals surface area contributed by atoms with Gasteiger partial charge in [0.25, 0.3) is 5.91 Å². The molecule has 1 aliphatic rings. The average molecular weight is 431 g/mol. The number of hydrogen-bond donors (Lipinski definition) is 2. The second-order valence-corrected chi connectivity index (χ2v) is 9.79. The summed E-state index contributed by atoms with van der Waals surface area (Å²) in [6, 6.07) is 13.2. The topological polar surface area (TPSA) is 70.9 Å². The molecule has 2 atom stereocenters. The zero-order chi connectivity index (χ0) is 21.9. The summed E-state index contributed by atoms with van der Waals surface area (Å²) in [5.74, 6) is -0.0978. The number of carbonyl (C=O) groups is 1. The molecule has 0 saturated carbocycles. The number of nitrogens with zero attached hydrogens (tertiary/aromatic N) is 1. The minimum Gasteiger partial charge on any atom is -0.321 e. The fourth-order valence-electron chi connectivity index (χ4n) is 4.07. The van der Waals surface area contributed by atoms with Crippen LogP contribution in [0.4, 0.5) is 5.69 Å². The second-order valence-electron chi connectivity index (χ2n) is 7.88. The molecule has 1 unspecified atom stereocenters. The van der Waals surface area contributed by atoms with E-state index in [0.29, 0.717) is 24.3 Å². The van der Waals surface area contributed by atoms with Crippen molar-refractivity contribution in [1.29, 1.82) is 0 Å². The van der Waals surface area contributed by atoms with E-state index in [1.54, 1.807) is 25.1 Å². The first-order valence-electron chi connectivity index (χ1n) is 10.6. The van der Waals surface area contributed by atoms with Gasteiger partial charge >= 0.3 is 0 Å². The molecule has 2 aromatic rings. The van der Waals surface area contributed by atoms with Crippen LogP contribution in [-0.4, -0.2) is 44.3 Å². The van der Waals surface area contributed by atoms with Crippen LogP contribution in [0, 0.1) is 6.92 Å². The predicted octanol–water partition coefficient (Wildman–Crippen LogP) is 1.99. The van der Waals surface area contributed by atoms with E-state index in [1.165, 1.54) is 20.3 Å². The Morgan fingerprint density at radius 2 is 1.80 bits per heavy atom. The maximum Gasteiger partial charge on any atom is 0.282 e. The highest BCUT2D eigenvalue weighted by molar-refractivity contribution is 7.89. The van der Waals surface area contributed by atoms with Crippen LogP contribution in [-0.2, 0) is 27.8 Å². The molecule has 1 amide bonds. The van der Waals surface area contributed by atoms with E-state index in [-0.39, 0.29) is 16.8 Å². The van der Waals surface area contributed by atoms with Crippen molar-refractivity contribution >= 4 is 21.6 Å². The highest BCUT2D eigenvalue weighted by atomic mass is 32.2. The number of aryl methyl sites for hydroxylation is 1. The number of sulfonamides is 1. The van der Waals surface area contributed by atoms with Crippen LogP contribution in [0.15, 0.2) is 47.4 Å². The van der Waals surface area contributed by atoms with E-state index >= 15 is 0 Å². The Morgan fingerprint density at radius 1 is 1.13 bits per heavy atom. The lowest BCUT2D eigenvalue weighted by Crippen LogP contribution is -3.16. The van der Waals surface area contributed by atoms with Gasteiger partial charge in [-0.3, -0.25) is 4.79 Å². The third-order valence-corrected chi connectivity index (χ3v) is 8.23. The lowest BCUT2D eigenvalue weighted by Gasteiger charge is -2.30. The normalized spacial score (nSPS) is 17.4. The second kappa shape index (κ2) is 9.29. The van der Waals surface area contributed by atoms with Gasteiger partial charge < -0.3 is 10.2 Å². The zero-order valence-electron chi connectivity index (χ0n) is 18.2. The smallest absolute Gasteiger partial charge is 0.282 e. The fraction of sp³-hybridized carbons (Fsp3) is 0.435. The number of rotatable bonds is 7. The van der Waals surface area contributed by atoms with Gasteiger partial charge in [-0.05, 0) is 37.1 Å². The van der Waals surface area contributed by atoms with Gasteiger partial charge in [-0.2, -0.15) is 4.31 Å². The molecule has 0 aliphatic carbocycles. The third-order valence-electron chi connectivity index (χ3n) is 6.04. The molecule has 30 heavy (non-hydrogen) atoms. The lowest BCUT2D eigenvalue weighted by molar-refractivity contribution is -0.929. The molecule has 3 rings (SSSR count). The number of quaternary nitrogens is 1. The maximum atomic E-state index is 13.0. The molecule has 162 valence electrons. The van der Waals surface area contributed by atoms with Crippen LogP contribution in [0.1, 0.15) is 37.5 Å². The molecule has 0 spiro atoms. The number of anilines is 1. The van der Waals surface area contributed by atoms with Crippen LogP contribution in [0.3, 0.4) is 0 Å². The number of benzene rings is 2. The van der Waals surface area contributed by atoms with Crippen LogP contribution in [0.2, 0.25) is 0 Å². The lowest BCUT2D eigenvalue weighted by atomic mass is 9.99. The molecule has 1 heterocycles. The third kappa shape index (κ3) is 4.58. The van der Waals surface area contributed by atoms with Crippen molar-refractivity contribution < 1.29 is 18.1 Å². The first-order valence-corrected chi connectivity index (χ1v) is 12.0. The Labute approximate surface area is 179 Å². The van der Waals surface area contributed by atoms with Crippen molar-refractivity contribution in [2.75, 3.05) is 25.0 Å². The molecule has 1 aliphatic heterocycles. The van der Waals surface area contributed by atoms with Gasteiger partial charge in [0.05, 0.1) is 11.4 Å². The van der Waals surface area contributed by atoms with Gasteiger partial charge in [-0.1, -0.05) is 44.2 Å². The Balaban J connectivity index is 1.76. The summed E-state index contributed by atoms with van der Waals surface area (Å²) in [5, 5.41) is 2.93. The zero-order valence-corrected chi connectivity index (χ0v) is 19.1. The summed E-state index contributed by atoms with van der Waals surface area (Å²) in [5.41, 5.74) is 3.84. The van der Waals surface area contributed by atoms with Crippen LogP contribution < -0.4 is 10.2 Å². The van der Waals surface area contributed by atoms with Gasteiger partial charge in [0, 0.05) is 30.8 Å². The molecule has 0 aromatic heterocycles. The number of carbonyl (C=O) groups excluding carboxylic acids is 1. The van der Waals surface area contributed by atoms with Gasteiger partial charge in [0.15, 0.2) is 6.04 Å². The van der Waals surface area contributed by atoms with E-state index in [9.17, 15) is 13.2 Å². The Bertz CT molecular complexity index is 1020. The van der Waals surface area contributed by atoms with Crippen molar-refractivity contribution in [1.82, 2.24) is 4.31 Å². The molecule has 6 nitrogen and oxygen atoms in total. The van der Waals surface area contributed by atoms with Gasteiger partial charge in [-0.25, -0.2) is 8.42 Å². The molecule has 7 heteroatoms. The van der Waals surface area contributed by atoms with Gasteiger partial charge in [0.1, 0.15) is 6.54 Å². The quantitative estimate of drug-likeness (QED) is 0.706. The van der Waals surface area contributed by atoms with Crippen molar-refractivity contribution in [3.05, 3.63) is 59.2 Å². The fourth-order valence-corrected chi connectivity index (χ4v) is 5.77. The summed E-state index contributed by atoms with van der Waals surface area (Å²) in [4.78, 5) is 14.4. The highest BCUT2D eigenvalue weighted by Crippen LogP contribution is 2.23. The Hall–Kier alpha value is -2.22. The molecular formula is C23H32N3O3S+. The maximum absolute atomic E-state index is 13.0. The minimum absolute atomic E-state index is 0.0978. The predicted molar refractivity (Wildman–Crippen MR) is 119 cm³/mol. The van der Waals surface area contributed by atoms with Gasteiger partial charge in [-0.15, -0.1) is 0 Å². The van der Waals surface area contributed by atoms with Crippen LogP contribution >= 0.6 is 0 Å². The van der Waals surface area contributed by atoms with E-state index in [1.807, 2.05) is 26.8 Å². The summed E-state index contributed by atoms with van der Waals surface area (Å²) in [6.07, 6.45) is 0.958. The van der Waals surface area contributed by atoms with Crippen LogP contribution in [0.25, 0.3) is 0 Å². The number of nitrogens with one attached hydrogen (secondary N) is 2. The summed E-state index contributed by atoms with van der Waals surface area (Å²) in [6.45, 7) is 9.89. The Kier molecular flexibility index (Phi) is 6.95. The molecule has 0 fully saturated rings. The largest absolute Gasteiger partial charge is 0.321 e. The Morgan fingerprint density at radius 3 is 2.47 bits per heavy atom. The van der Waals surface area contributed by atoms with Crippen molar-refractivity contribution in [2.24, 2.45) is 0 Å². The highest BCUT2D eigenvalue weighted by Gasteiger charge is 2.29. The van der Waals surface area contributed by atoms with Gasteiger partial charge in [0.2, 0.25) is 10.0 Å². The summed E-state index contributed by atoms with van der Waals surface area (Å²) < 4.78 is 27.4. The van der Waals surface area contributed by atoms with Crippen molar-refractivity contribution in [3.8, 4) is 0 Å². The monoisotopic (exact) mass is 430 g/mol. The SMILES string of the molecule is CCN(CC)S(=O)(=O)c1cc(NC(=O)[C@H](C)[NH+]2CCc3ccccc3C2)ccc1C. The molecule has 0 radical (unpaired) electrons. The molecule has 0 saturated heterocycles. The molecule has 2 N–H and O–H groups in total. The van der Waals surface area contributed by atoms with E-state index in [2.05, 4.69) is 23.5 Å². The van der Waals surface area contributed by atoms with E-state index in [0.717, 1.165) is 19.5 Å². The van der Waals surface area contributed by atoms with Crippen LogP contribution in [0.5, 0.6) is 0 Å². The first-order chi connectivity index (χ1) is 14.3. The number of hydrogen-bond acceptors (Lipinski definition) is 3.